The summed E-state index contributed by atoms with van der Waals surface area (Å²) in [6.07, 6.45) is 5.87. The lowest BCUT2D eigenvalue weighted by molar-refractivity contribution is 0.537. The second kappa shape index (κ2) is 3.38. The third kappa shape index (κ3) is 1.67. The van der Waals surface area contributed by atoms with Crippen molar-refractivity contribution in [2.45, 2.75) is 19.3 Å². The molecule has 1 aromatic heterocycles. The molecule has 0 aliphatic heterocycles. The molecular weight excluding hydrogens is 187 g/mol. The summed E-state index contributed by atoms with van der Waals surface area (Å²) in [6.45, 7) is 1.88. The Labute approximate surface area is 79.8 Å². The van der Waals surface area contributed by atoms with Crippen molar-refractivity contribution in [1.29, 1.82) is 0 Å². The van der Waals surface area contributed by atoms with Crippen LogP contribution < -0.4 is 0 Å². The lowest BCUT2D eigenvalue weighted by Crippen LogP contribution is -2.00. The molecule has 0 bridgehead atoms. The molecule has 2 rings (SSSR count). The molecule has 1 aliphatic rings. The van der Waals surface area contributed by atoms with E-state index in [2.05, 4.69) is 10.2 Å². The van der Waals surface area contributed by atoms with Crippen molar-refractivity contribution in [3.63, 3.8) is 0 Å². The molecule has 2 nitrogen and oxygen atoms in total. The summed E-state index contributed by atoms with van der Waals surface area (Å²) in [4.78, 5) is 0. The van der Waals surface area contributed by atoms with E-state index in [1.165, 1.54) is 17.4 Å². The minimum Gasteiger partial charge on any atom is -0.211 e. The minimum atomic E-state index is -0.198. The predicted octanol–water partition coefficient (Wildman–Crippen LogP) is 2.74. The van der Waals surface area contributed by atoms with E-state index in [-0.39, 0.29) is 11.7 Å². The van der Waals surface area contributed by atoms with Gasteiger partial charge in [-0.1, -0.05) is 12.2 Å². The Balaban J connectivity index is 2.27. The lowest BCUT2D eigenvalue weighted by Gasteiger charge is -2.11. The van der Waals surface area contributed by atoms with Crippen LogP contribution in [0.4, 0.5) is 4.39 Å². The fraction of sp³-hybridized carbons (Fsp3) is 0.333. The largest absolute Gasteiger partial charge is 0.211 e. The zero-order valence-electron chi connectivity index (χ0n) is 7.20. The number of nitrogens with zero attached hydrogens (tertiary/aromatic N) is 2. The summed E-state index contributed by atoms with van der Waals surface area (Å²) in [6, 6.07) is 0. The van der Waals surface area contributed by atoms with E-state index in [0.717, 1.165) is 10.0 Å². The van der Waals surface area contributed by atoms with Crippen molar-refractivity contribution in [3.8, 4) is 0 Å². The molecule has 0 amide bonds. The Morgan fingerprint density at radius 2 is 2.38 bits per heavy atom. The molecule has 0 N–H and O–H groups in total. The van der Waals surface area contributed by atoms with Crippen LogP contribution in [0.3, 0.4) is 0 Å². The molecule has 0 saturated carbocycles. The minimum absolute atomic E-state index is 0.112. The quantitative estimate of drug-likeness (QED) is 0.690. The highest BCUT2D eigenvalue weighted by Gasteiger charge is 2.20. The van der Waals surface area contributed by atoms with Gasteiger partial charge in [-0.3, -0.25) is 0 Å². The van der Waals surface area contributed by atoms with Gasteiger partial charge < -0.3 is 0 Å². The van der Waals surface area contributed by atoms with Gasteiger partial charge in [0.15, 0.2) is 0 Å². The number of halogens is 1. The Bertz CT molecular complexity index is 367. The average Bonchev–Trinajstić information content (AvgIpc) is 2.53. The molecule has 4 heteroatoms. The normalized spacial score (nSPS) is 21.7. The molecule has 0 spiro atoms. The molecule has 1 heterocycles. The predicted molar refractivity (Wildman–Crippen MR) is 50.3 cm³/mol. The van der Waals surface area contributed by atoms with Gasteiger partial charge in [0.05, 0.1) is 5.92 Å². The summed E-state index contributed by atoms with van der Waals surface area (Å²) in [5.74, 6) is -0.310. The molecule has 13 heavy (non-hydrogen) atoms. The van der Waals surface area contributed by atoms with Crippen molar-refractivity contribution in [2.75, 3.05) is 0 Å². The number of hydrogen-bond acceptors (Lipinski definition) is 3. The second-order valence-corrected chi connectivity index (χ2v) is 4.14. The Morgan fingerprint density at radius 1 is 1.54 bits per heavy atom. The fourth-order valence-electron chi connectivity index (χ4n) is 1.27. The maximum absolute atomic E-state index is 13.3. The van der Waals surface area contributed by atoms with Crippen molar-refractivity contribution >= 4 is 11.3 Å². The van der Waals surface area contributed by atoms with Crippen LogP contribution in [0.5, 0.6) is 0 Å². The maximum atomic E-state index is 13.3. The van der Waals surface area contributed by atoms with Gasteiger partial charge in [0, 0.05) is 0 Å². The van der Waals surface area contributed by atoms with Crippen LogP contribution in [0.1, 0.15) is 22.4 Å². The van der Waals surface area contributed by atoms with Gasteiger partial charge in [0.25, 0.3) is 0 Å². The van der Waals surface area contributed by atoms with E-state index in [1.807, 2.05) is 13.0 Å². The Morgan fingerprint density at radius 3 is 3.00 bits per heavy atom. The van der Waals surface area contributed by atoms with E-state index in [1.54, 1.807) is 6.08 Å². The van der Waals surface area contributed by atoms with Gasteiger partial charge in [-0.25, -0.2) is 4.39 Å². The van der Waals surface area contributed by atoms with Crippen LogP contribution in [0, 0.1) is 6.92 Å². The van der Waals surface area contributed by atoms with Gasteiger partial charge >= 0.3 is 0 Å². The lowest BCUT2D eigenvalue weighted by atomic mass is 10.0. The maximum Gasteiger partial charge on any atom is 0.127 e. The third-order valence-electron chi connectivity index (χ3n) is 1.94. The van der Waals surface area contributed by atoms with Gasteiger partial charge in [-0.05, 0) is 19.4 Å². The van der Waals surface area contributed by atoms with Crippen molar-refractivity contribution in [3.05, 3.63) is 34.1 Å². The standard InChI is InChI=1S/C9H9FN2S/c1-6-11-12-9(13-6)7-4-2-3-5-8(7)10/h2-3,5,7H,4H2,1H3. The molecular formula is C9H9FN2S. The highest BCUT2D eigenvalue weighted by Crippen LogP contribution is 2.33. The molecule has 0 aromatic carbocycles. The van der Waals surface area contributed by atoms with Crippen molar-refractivity contribution in [2.24, 2.45) is 0 Å². The summed E-state index contributed by atoms with van der Waals surface area (Å²) >= 11 is 1.46. The first kappa shape index (κ1) is 8.56. The molecule has 1 aliphatic carbocycles. The molecule has 68 valence electrons. The average molecular weight is 196 g/mol. The monoisotopic (exact) mass is 196 g/mol. The van der Waals surface area contributed by atoms with Crippen LogP contribution in [0.2, 0.25) is 0 Å². The van der Waals surface area contributed by atoms with Gasteiger partial charge in [0.1, 0.15) is 15.8 Å². The first-order valence-corrected chi connectivity index (χ1v) is 4.91. The highest BCUT2D eigenvalue weighted by atomic mass is 32.1. The first-order chi connectivity index (χ1) is 6.27. The molecule has 1 unspecified atom stereocenters. The molecule has 0 saturated heterocycles. The van der Waals surface area contributed by atoms with Gasteiger partial charge in [-0.15, -0.1) is 21.5 Å². The van der Waals surface area contributed by atoms with Crippen molar-refractivity contribution in [1.82, 2.24) is 10.2 Å². The zero-order chi connectivity index (χ0) is 9.26. The van der Waals surface area contributed by atoms with Crippen molar-refractivity contribution < 1.29 is 4.39 Å². The Kier molecular flexibility index (Phi) is 2.22. The van der Waals surface area contributed by atoms with E-state index >= 15 is 0 Å². The highest BCUT2D eigenvalue weighted by molar-refractivity contribution is 7.11. The van der Waals surface area contributed by atoms with Crippen LogP contribution in [0.25, 0.3) is 0 Å². The number of hydrogen-bond donors (Lipinski definition) is 0. The van der Waals surface area contributed by atoms with E-state index in [9.17, 15) is 4.39 Å². The summed E-state index contributed by atoms with van der Waals surface area (Å²) < 4.78 is 13.3. The SMILES string of the molecule is Cc1nnc(C2CC=CC=C2F)s1. The zero-order valence-corrected chi connectivity index (χ0v) is 8.01. The number of aryl methyl sites for hydroxylation is 1. The van der Waals surface area contributed by atoms with Crippen LogP contribution in [-0.4, -0.2) is 10.2 Å². The Hall–Kier alpha value is -1.03. The third-order valence-corrected chi connectivity index (χ3v) is 2.89. The van der Waals surface area contributed by atoms with Crippen LogP contribution in [0.15, 0.2) is 24.1 Å². The smallest absolute Gasteiger partial charge is 0.127 e. The molecule has 1 aromatic rings. The summed E-state index contributed by atoms with van der Waals surface area (Å²) in [7, 11) is 0. The molecule has 1 atom stereocenters. The molecule has 0 radical (unpaired) electrons. The van der Waals surface area contributed by atoms with Crippen LogP contribution >= 0.6 is 11.3 Å². The van der Waals surface area contributed by atoms with E-state index in [4.69, 9.17) is 0 Å². The molecule has 0 fully saturated rings. The van der Waals surface area contributed by atoms with Crippen LogP contribution in [-0.2, 0) is 0 Å². The summed E-state index contributed by atoms with van der Waals surface area (Å²) in [5.41, 5.74) is 0. The fourth-order valence-corrected chi connectivity index (χ4v) is 2.09. The number of rotatable bonds is 1. The topological polar surface area (TPSA) is 25.8 Å². The van der Waals surface area contributed by atoms with Gasteiger partial charge in [-0.2, -0.15) is 0 Å². The first-order valence-electron chi connectivity index (χ1n) is 4.09. The van der Waals surface area contributed by atoms with E-state index < -0.39 is 0 Å². The number of aromatic nitrogens is 2. The van der Waals surface area contributed by atoms with Gasteiger partial charge in [0.2, 0.25) is 0 Å². The van der Waals surface area contributed by atoms with E-state index in [0.29, 0.717) is 6.42 Å². The number of allylic oxidation sites excluding steroid dienone is 4. The second-order valence-electron chi connectivity index (χ2n) is 2.93. The summed E-state index contributed by atoms with van der Waals surface area (Å²) in [5, 5.41) is 9.48.